The number of fused-ring (bicyclic) bond motifs is 1. The van der Waals surface area contributed by atoms with Crippen molar-refractivity contribution in [3.63, 3.8) is 0 Å². The SMILES string of the molecule is COc1cc(N)c2oncc2c1. The fourth-order valence-electron chi connectivity index (χ4n) is 1.10. The van der Waals surface area contributed by atoms with Crippen molar-refractivity contribution in [2.24, 2.45) is 0 Å². The highest BCUT2D eigenvalue weighted by Gasteiger charge is 2.04. The highest BCUT2D eigenvalue weighted by atomic mass is 16.5. The molecule has 1 aromatic heterocycles. The largest absolute Gasteiger partial charge is 0.497 e. The van der Waals surface area contributed by atoms with Crippen LogP contribution in [0.15, 0.2) is 22.9 Å². The summed E-state index contributed by atoms with van der Waals surface area (Å²) in [5.41, 5.74) is 6.81. The molecular formula is C8H8N2O2. The maximum atomic E-state index is 5.66. The van der Waals surface area contributed by atoms with Gasteiger partial charge in [0.1, 0.15) is 5.75 Å². The van der Waals surface area contributed by atoms with Gasteiger partial charge in [-0.25, -0.2) is 0 Å². The molecule has 1 aromatic carbocycles. The summed E-state index contributed by atoms with van der Waals surface area (Å²) in [5, 5.41) is 4.48. The van der Waals surface area contributed by atoms with Gasteiger partial charge in [0.25, 0.3) is 0 Å². The summed E-state index contributed by atoms with van der Waals surface area (Å²) in [6.07, 6.45) is 1.61. The van der Waals surface area contributed by atoms with Crippen LogP contribution in [0.2, 0.25) is 0 Å². The zero-order valence-electron chi connectivity index (χ0n) is 6.57. The lowest BCUT2D eigenvalue weighted by Crippen LogP contribution is -1.88. The van der Waals surface area contributed by atoms with Crippen LogP contribution in [0.3, 0.4) is 0 Å². The smallest absolute Gasteiger partial charge is 0.189 e. The number of methoxy groups -OCH3 is 1. The van der Waals surface area contributed by atoms with Crippen molar-refractivity contribution in [3.05, 3.63) is 18.3 Å². The number of aromatic nitrogens is 1. The predicted molar refractivity (Wildman–Crippen MR) is 45.0 cm³/mol. The predicted octanol–water partition coefficient (Wildman–Crippen LogP) is 1.42. The molecule has 0 unspecified atom stereocenters. The van der Waals surface area contributed by atoms with E-state index in [1.807, 2.05) is 6.07 Å². The summed E-state index contributed by atoms with van der Waals surface area (Å²) in [6.45, 7) is 0. The fourth-order valence-corrected chi connectivity index (χ4v) is 1.10. The van der Waals surface area contributed by atoms with Crippen molar-refractivity contribution in [2.45, 2.75) is 0 Å². The average molecular weight is 164 g/mol. The summed E-state index contributed by atoms with van der Waals surface area (Å²) < 4.78 is 9.94. The first-order valence-electron chi connectivity index (χ1n) is 3.49. The Bertz CT molecular complexity index is 408. The minimum absolute atomic E-state index is 0.543. The molecule has 2 aromatic rings. The van der Waals surface area contributed by atoms with Gasteiger partial charge in [-0.05, 0) is 6.07 Å². The minimum atomic E-state index is 0.543. The Morgan fingerprint density at radius 3 is 3.08 bits per heavy atom. The number of benzene rings is 1. The highest BCUT2D eigenvalue weighted by Crippen LogP contribution is 2.26. The second-order valence-electron chi connectivity index (χ2n) is 2.46. The minimum Gasteiger partial charge on any atom is -0.497 e. The molecular weight excluding hydrogens is 156 g/mol. The van der Waals surface area contributed by atoms with Gasteiger partial charge in [0, 0.05) is 11.5 Å². The fraction of sp³-hybridized carbons (Fsp3) is 0.125. The average Bonchev–Trinajstić information content (AvgIpc) is 2.52. The third kappa shape index (κ3) is 0.887. The number of nitrogens with two attached hydrogens (primary N) is 1. The van der Waals surface area contributed by atoms with Crippen molar-refractivity contribution in [2.75, 3.05) is 12.8 Å². The molecule has 4 nitrogen and oxygen atoms in total. The van der Waals surface area contributed by atoms with Crippen LogP contribution in [-0.4, -0.2) is 12.3 Å². The van der Waals surface area contributed by atoms with Crippen LogP contribution >= 0.6 is 0 Å². The quantitative estimate of drug-likeness (QED) is 0.647. The van der Waals surface area contributed by atoms with Crippen molar-refractivity contribution in [1.29, 1.82) is 0 Å². The topological polar surface area (TPSA) is 61.3 Å². The molecule has 2 rings (SSSR count). The molecule has 0 fully saturated rings. The van der Waals surface area contributed by atoms with E-state index in [0.29, 0.717) is 17.0 Å². The first-order valence-corrected chi connectivity index (χ1v) is 3.49. The Balaban J connectivity index is 2.75. The van der Waals surface area contributed by atoms with Crippen LogP contribution in [0.4, 0.5) is 5.69 Å². The maximum absolute atomic E-state index is 5.66. The molecule has 4 heteroatoms. The molecule has 1 heterocycles. The Hall–Kier alpha value is -1.71. The Morgan fingerprint density at radius 1 is 1.50 bits per heavy atom. The van der Waals surface area contributed by atoms with E-state index in [2.05, 4.69) is 5.16 Å². The number of nitrogen functional groups attached to an aromatic ring is 1. The molecule has 0 spiro atoms. The molecule has 0 radical (unpaired) electrons. The normalized spacial score (nSPS) is 10.4. The molecule has 2 N–H and O–H groups in total. The van der Waals surface area contributed by atoms with E-state index in [1.54, 1.807) is 19.4 Å². The van der Waals surface area contributed by atoms with Crippen LogP contribution in [0.1, 0.15) is 0 Å². The van der Waals surface area contributed by atoms with Gasteiger partial charge < -0.3 is 15.0 Å². The molecule has 0 amide bonds. The molecule has 62 valence electrons. The lowest BCUT2D eigenvalue weighted by molar-refractivity contribution is 0.415. The Morgan fingerprint density at radius 2 is 2.33 bits per heavy atom. The highest BCUT2D eigenvalue weighted by molar-refractivity contribution is 5.88. The van der Waals surface area contributed by atoms with Gasteiger partial charge in [0.15, 0.2) is 5.58 Å². The monoisotopic (exact) mass is 164 g/mol. The van der Waals surface area contributed by atoms with Crippen LogP contribution in [0.25, 0.3) is 11.0 Å². The molecule has 0 atom stereocenters. The van der Waals surface area contributed by atoms with Gasteiger partial charge in [0.2, 0.25) is 0 Å². The van der Waals surface area contributed by atoms with Crippen molar-refractivity contribution in [3.8, 4) is 5.75 Å². The number of hydrogen-bond acceptors (Lipinski definition) is 4. The molecule has 0 saturated heterocycles. The number of rotatable bonds is 1. The van der Waals surface area contributed by atoms with Gasteiger partial charge in [-0.1, -0.05) is 5.16 Å². The summed E-state index contributed by atoms with van der Waals surface area (Å²) in [6, 6.07) is 3.52. The lowest BCUT2D eigenvalue weighted by atomic mass is 10.2. The third-order valence-corrected chi connectivity index (χ3v) is 1.69. The second kappa shape index (κ2) is 2.41. The lowest BCUT2D eigenvalue weighted by Gasteiger charge is -1.99. The summed E-state index contributed by atoms with van der Waals surface area (Å²) in [7, 11) is 1.59. The van der Waals surface area contributed by atoms with Crippen LogP contribution in [0, 0.1) is 0 Å². The van der Waals surface area contributed by atoms with Gasteiger partial charge >= 0.3 is 0 Å². The van der Waals surface area contributed by atoms with Gasteiger partial charge in [-0.2, -0.15) is 0 Å². The van der Waals surface area contributed by atoms with Crippen molar-refractivity contribution in [1.82, 2.24) is 5.16 Å². The summed E-state index contributed by atoms with van der Waals surface area (Å²) in [4.78, 5) is 0. The number of anilines is 1. The first kappa shape index (κ1) is 6.97. The molecule has 0 aliphatic carbocycles. The van der Waals surface area contributed by atoms with Crippen molar-refractivity contribution >= 4 is 16.7 Å². The van der Waals surface area contributed by atoms with E-state index in [1.165, 1.54) is 0 Å². The van der Waals surface area contributed by atoms with Crippen LogP contribution in [0.5, 0.6) is 5.75 Å². The standard InChI is InChI=1S/C8H8N2O2/c1-11-6-2-5-4-10-12-8(5)7(9)3-6/h2-4H,9H2,1H3. The molecule has 0 saturated carbocycles. The zero-order valence-corrected chi connectivity index (χ0v) is 6.57. The van der Waals surface area contributed by atoms with Crippen molar-refractivity contribution < 1.29 is 9.26 Å². The van der Waals surface area contributed by atoms with Gasteiger partial charge in [-0.15, -0.1) is 0 Å². The van der Waals surface area contributed by atoms with E-state index >= 15 is 0 Å². The molecule has 0 bridgehead atoms. The van der Waals surface area contributed by atoms with E-state index < -0.39 is 0 Å². The van der Waals surface area contributed by atoms with Crippen LogP contribution in [-0.2, 0) is 0 Å². The third-order valence-electron chi connectivity index (χ3n) is 1.69. The number of hydrogen-bond donors (Lipinski definition) is 1. The summed E-state index contributed by atoms with van der Waals surface area (Å²) in [5.74, 6) is 0.711. The second-order valence-corrected chi connectivity index (χ2v) is 2.46. The molecule has 12 heavy (non-hydrogen) atoms. The molecule has 0 aliphatic heterocycles. The van der Waals surface area contributed by atoms with Gasteiger partial charge in [0.05, 0.1) is 19.0 Å². The number of nitrogens with zero attached hydrogens (tertiary/aromatic N) is 1. The number of ether oxygens (including phenoxy) is 1. The Kier molecular flexibility index (Phi) is 1.40. The summed E-state index contributed by atoms with van der Waals surface area (Å²) >= 11 is 0. The molecule has 0 aliphatic rings. The van der Waals surface area contributed by atoms with Gasteiger partial charge in [-0.3, -0.25) is 0 Å². The zero-order chi connectivity index (χ0) is 8.55. The first-order chi connectivity index (χ1) is 5.81. The maximum Gasteiger partial charge on any atom is 0.189 e. The van der Waals surface area contributed by atoms with E-state index in [9.17, 15) is 0 Å². The van der Waals surface area contributed by atoms with E-state index in [4.69, 9.17) is 15.0 Å². The Labute approximate surface area is 68.9 Å². The van der Waals surface area contributed by atoms with Crippen LogP contribution < -0.4 is 10.5 Å². The van der Waals surface area contributed by atoms with E-state index in [-0.39, 0.29) is 0 Å². The van der Waals surface area contributed by atoms with E-state index in [0.717, 1.165) is 5.39 Å².